The van der Waals surface area contributed by atoms with Gasteiger partial charge in [0.25, 0.3) is 5.91 Å². The topological polar surface area (TPSA) is 79.6 Å². The van der Waals surface area contributed by atoms with Crippen molar-refractivity contribution in [3.63, 3.8) is 0 Å². The number of hydrogen-bond donors (Lipinski definition) is 0. The average Bonchev–Trinajstić information content (AvgIpc) is 3.43. The molecule has 2 aromatic heterocycles. The van der Waals surface area contributed by atoms with Crippen LogP contribution >= 0.6 is 0 Å². The largest absolute Gasteiger partial charge is 0.378 e. The maximum atomic E-state index is 12.6. The van der Waals surface area contributed by atoms with Crippen molar-refractivity contribution in [1.82, 2.24) is 24.6 Å². The van der Waals surface area contributed by atoms with Gasteiger partial charge in [-0.25, -0.2) is 9.97 Å². The molecule has 0 aromatic carbocycles. The third-order valence-corrected chi connectivity index (χ3v) is 5.71. The number of carbonyl (C=O) groups excluding carboxylic acids is 1. The van der Waals surface area contributed by atoms with Gasteiger partial charge in [0.05, 0.1) is 32.0 Å². The Morgan fingerprint density at radius 2 is 1.64 bits per heavy atom. The molecular formula is C19H25N7O2. The predicted molar refractivity (Wildman–Crippen MR) is 103 cm³/mol. The molecule has 0 aliphatic carbocycles. The van der Waals surface area contributed by atoms with Gasteiger partial charge >= 0.3 is 0 Å². The summed E-state index contributed by atoms with van der Waals surface area (Å²) in [7, 11) is 0. The maximum absolute atomic E-state index is 12.6. The molecule has 28 heavy (non-hydrogen) atoms. The Morgan fingerprint density at radius 3 is 2.43 bits per heavy atom. The lowest BCUT2D eigenvalue weighted by molar-refractivity contribution is 0.0786. The Balaban J connectivity index is 1.32. The number of morpholine rings is 1. The minimum atomic E-state index is 0.0580. The van der Waals surface area contributed by atoms with E-state index in [0.717, 1.165) is 82.7 Å². The summed E-state index contributed by atoms with van der Waals surface area (Å²) < 4.78 is 7.39. The van der Waals surface area contributed by atoms with Gasteiger partial charge in [-0.15, -0.1) is 0 Å². The molecule has 0 unspecified atom stereocenters. The maximum Gasteiger partial charge on any atom is 0.274 e. The SMILES string of the molecule is O=C(c1cc2n(n1)CCN(c1cc(N3CCOCC3)ncn1)C2)N1CCCC1. The van der Waals surface area contributed by atoms with E-state index >= 15 is 0 Å². The van der Waals surface area contributed by atoms with Crippen molar-refractivity contribution in [1.29, 1.82) is 0 Å². The molecular weight excluding hydrogens is 358 g/mol. The smallest absolute Gasteiger partial charge is 0.274 e. The van der Waals surface area contributed by atoms with Crippen molar-refractivity contribution in [2.45, 2.75) is 25.9 Å². The van der Waals surface area contributed by atoms with Gasteiger partial charge in [-0.05, 0) is 18.9 Å². The normalized spacial score (nSPS) is 19.8. The third-order valence-electron chi connectivity index (χ3n) is 5.71. The number of ether oxygens (including phenoxy) is 1. The van der Waals surface area contributed by atoms with Crippen molar-refractivity contribution in [2.75, 3.05) is 55.7 Å². The molecule has 0 atom stereocenters. The van der Waals surface area contributed by atoms with Gasteiger partial charge in [0.2, 0.25) is 0 Å². The number of fused-ring (bicyclic) bond motifs is 1. The van der Waals surface area contributed by atoms with Crippen molar-refractivity contribution in [2.24, 2.45) is 0 Å². The van der Waals surface area contributed by atoms with E-state index in [1.807, 2.05) is 21.7 Å². The first-order valence-electron chi connectivity index (χ1n) is 10.0. The summed E-state index contributed by atoms with van der Waals surface area (Å²) in [6.45, 7) is 7.12. The van der Waals surface area contributed by atoms with E-state index in [9.17, 15) is 4.79 Å². The molecule has 0 bridgehead atoms. The Hall–Kier alpha value is -2.68. The van der Waals surface area contributed by atoms with E-state index in [1.54, 1.807) is 6.33 Å². The Morgan fingerprint density at radius 1 is 0.893 bits per heavy atom. The van der Waals surface area contributed by atoms with Crippen LogP contribution in [-0.4, -0.2) is 76.5 Å². The molecule has 2 aromatic rings. The van der Waals surface area contributed by atoms with Crippen LogP contribution in [-0.2, 0) is 17.8 Å². The van der Waals surface area contributed by atoms with E-state index in [1.165, 1.54) is 0 Å². The molecule has 0 saturated carbocycles. The standard InChI is InChI=1S/C19H25N7O2/c27-19(24-3-1-2-4-24)16-11-15-13-25(5-6-26(15)22-16)18-12-17(20-14-21-18)23-7-9-28-10-8-23/h11-12,14H,1-10,13H2. The zero-order valence-corrected chi connectivity index (χ0v) is 16.0. The van der Waals surface area contributed by atoms with Crippen LogP contribution in [0.3, 0.4) is 0 Å². The van der Waals surface area contributed by atoms with E-state index in [-0.39, 0.29) is 5.91 Å². The van der Waals surface area contributed by atoms with Gasteiger partial charge in [0.15, 0.2) is 5.69 Å². The van der Waals surface area contributed by atoms with Crippen LogP contribution < -0.4 is 9.80 Å². The first kappa shape index (κ1) is 17.4. The first-order valence-corrected chi connectivity index (χ1v) is 10.0. The molecule has 0 N–H and O–H groups in total. The fourth-order valence-corrected chi connectivity index (χ4v) is 4.12. The fraction of sp³-hybridized carbons (Fsp3) is 0.579. The number of carbonyl (C=O) groups is 1. The summed E-state index contributed by atoms with van der Waals surface area (Å²) >= 11 is 0. The molecule has 9 nitrogen and oxygen atoms in total. The van der Waals surface area contributed by atoms with E-state index < -0.39 is 0 Å². The quantitative estimate of drug-likeness (QED) is 0.774. The van der Waals surface area contributed by atoms with Crippen LogP contribution in [0.4, 0.5) is 11.6 Å². The monoisotopic (exact) mass is 383 g/mol. The van der Waals surface area contributed by atoms with Crippen LogP contribution in [0.25, 0.3) is 0 Å². The van der Waals surface area contributed by atoms with Gasteiger partial charge in [-0.3, -0.25) is 9.48 Å². The van der Waals surface area contributed by atoms with Gasteiger partial charge < -0.3 is 19.4 Å². The molecule has 3 aliphatic heterocycles. The minimum absolute atomic E-state index is 0.0580. The number of aromatic nitrogens is 4. The number of likely N-dealkylation sites (tertiary alicyclic amines) is 1. The Kier molecular flexibility index (Phi) is 4.59. The van der Waals surface area contributed by atoms with Crippen molar-refractivity contribution in [3.05, 3.63) is 29.8 Å². The van der Waals surface area contributed by atoms with Crippen LogP contribution in [0, 0.1) is 0 Å². The highest BCUT2D eigenvalue weighted by atomic mass is 16.5. The highest BCUT2D eigenvalue weighted by molar-refractivity contribution is 5.92. The molecule has 5 heterocycles. The summed E-state index contributed by atoms with van der Waals surface area (Å²) in [6, 6.07) is 3.99. The summed E-state index contributed by atoms with van der Waals surface area (Å²) in [5, 5.41) is 4.56. The van der Waals surface area contributed by atoms with E-state index in [0.29, 0.717) is 12.2 Å². The van der Waals surface area contributed by atoms with Crippen molar-refractivity contribution < 1.29 is 9.53 Å². The highest BCUT2D eigenvalue weighted by Gasteiger charge is 2.26. The second-order valence-corrected chi connectivity index (χ2v) is 7.50. The lowest BCUT2D eigenvalue weighted by Crippen LogP contribution is -2.37. The fourth-order valence-electron chi connectivity index (χ4n) is 4.12. The molecule has 1 amide bonds. The van der Waals surface area contributed by atoms with E-state index in [4.69, 9.17) is 4.74 Å². The van der Waals surface area contributed by atoms with Crippen LogP contribution in [0.5, 0.6) is 0 Å². The summed E-state index contributed by atoms with van der Waals surface area (Å²) in [4.78, 5) is 27.9. The molecule has 148 valence electrons. The number of anilines is 2. The molecule has 9 heteroatoms. The second-order valence-electron chi connectivity index (χ2n) is 7.50. The highest BCUT2D eigenvalue weighted by Crippen LogP contribution is 2.23. The molecule has 3 aliphatic rings. The summed E-state index contributed by atoms with van der Waals surface area (Å²) in [5.41, 5.74) is 1.62. The lowest BCUT2D eigenvalue weighted by atomic mass is 10.2. The summed E-state index contributed by atoms with van der Waals surface area (Å²) in [5.74, 6) is 1.91. The lowest BCUT2D eigenvalue weighted by Gasteiger charge is -2.31. The van der Waals surface area contributed by atoms with Gasteiger partial charge in [-0.2, -0.15) is 5.10 Å². The third kappa shape index (κ3) is 3.30. The molecule has 0 radical (unpaired) electrons. The van der Waals surface area contributed by atoms with Crippen molar-refractivity contribution >= 4 is 17.5 Å². The van der Waals surface area contributed by atoms with Gasteiger partial charge in [0.1, 0.15) is 18.0 Å². The number of rotatable bonds is 3. The molecule has 0 spiro atoms. The Bertz CT molecular complexity index is 856. The van der Waals surface area contributed by atoms with Crippen LogP contribution in [0.15, 0.2) is 18.5 Å². The van der Waals surface area contributed by atoms with Gasteiger partial charge in [-0.1, -0.05) is 0 Å². The molecule has 2 fully saturated rings. The predicted octanol–water partition coefficient (Wildman–Crippen LogP) is 0.766. The van der Waals surface area contributed by atoms with Crippen LogP contribution in [0.1, 0.15) is 29.0 Å². The number of nitrogens with zero attached hydrogens (tertiary/aromatic N) is 7. The molecule has 5 rings (SSSR count). The second kappa shape index (κ2) is 7.38. The minimum Gasteiger partial charge on any atom is -0.378 e. The number of hydrogen-bond acceptors (Lipinski definition) is 7. The average molecular weight is 383 g/mol. The first-order chi connectivity index (χ1) is 13.8. The van der Waals surface area contributed by atoms with Crippen molar-refractivity contribution in [3.8, 4) is 0 Å². The van der Waals surface area contributed by atoms with Gasteiger partial charge in [0, 0.05) is 38.8 Å². The zero-order valence-electron chi connectivity index (χ0n) is 16.0. The Labute approximate surface area is 163 Å². The molecule has 2 saturated heterocycles. The van der Waals surface area contributed by atoms with E-state index in [2.05, 4.69) is 24.9 Å². The van der Waals surface area contributed by atoms with Crippen LogP contribution in [0.2, 0.25) is 0 Å². The number of amides is 1. The summed E-state index contributed by atoms with van der Waals surface area (Å²) in [6.07, 6.45) is 3.81. The zero-order chi connectivity index (χ0) is 18.9.